The minimum absolute atomic E-state index is 0.0169. The molecule has 0 fully saturated rings. The third-order valence-electron chi connectivity index (χ3n) is 3.63. The van der Waals surface area contributed by atoms with Gasteiger partial charge in [-0.25, -0.2) is 0 Å². The maximum atomic E-state index is 11.0. The highest BCUT2D eigenvalue weighted by molar-refractivity contribution is 5.69. The van der Waals surface area contributed by atoms with E-state index in [9.17, 15) is 14.9 Å². The van der Waals surface area contributed by atoms with Gasteiger partial charge in [-0.2, -0.15) is 0 Å². The standard InChI is InChI=1S/C15H22N2O4/c1-4-14(16(5-2)10-11(3)15(18)19)12-7-6-8-13(9-12)17(20)21/h6-9,11,14H,4-5,10H2,1-3H3,(H,18,19). The normalized spacial score (nSPS) is 13.9. The molecule has 2 unspecified atom stereocenters. The molecule has 0 saturated heterocycles. The Morgan fingerprint density at radius 3 is 2.57 bits per heavy atom. The molecule has 1 aromatic carbocycles. The fraction of sp³-hybridized carbons (Fsp3) is 0.533. The third-order valence-corrected chi connectivity index (χ3v) is 3.63. The summed E-state index contributed by atoms with van der Waals surface area (Å²) in [5.74, 6) is -1.31. The molecule has 0 radical (unpaired) electrons. The van der Waals surface area contributed by atoms with Gasteiger partial charge in [0.1, 0.15) is 0 Å². The first-order chi connectivity index (χ1) is 9.90. The largest absolute Gasteiger partial charge is 0.481 e. The fourth-order valence-electron chi connectivity index (χ4n) is 2.46. The lowest BCUT2D eigenvalue weighted by atomic mass is 10.0. The monoisotopic (exact) mass is 294 g/mol. The summed E-state index contributed by atoms with van der Waals surface area (Å²) in [7, 11) is 0. The van der Waals surface area contributed by atoms with Gasteiger partial charge in [0, 0.05) is 24.7 Å². The van der Waals surface area contributed by atoms with Gasteiger partial charge in [0.05, 0.1) is 10.8 Å². The lowest BCUT2D eigenvalue weighted by Gasteiger charge is -2.31. The Balaban J connectivity index is 3.01. The van der Waals surface area contributed by atoms with E-state index in [0.717, 1.165) is 12.0 Å². The molecule has 2 atom stereocenters. The smallest absolute Gasteiger partial charge is 0.307 e. The summed E-state index contributed by atoms with van der Waals surface area (Å²) in [5, 5.41) is 19.9. The first-order valence-electron chi connectivity index (χ1n) is 7.11. The number of hydrogen-bond donors (Lipinski definition) is 1. The summed E-state index contributed by atoms with van der Waals surface area (Å²) < 4.78 is 0. The van der Waals surface area contributed by atoms with E-state index in [4.69, 9.17) is 5.11 Å². The Kier molecular flexibility index (Phi) is 6.30. The zero-order chi connectivity index (χ0) is 16.0. The average molecular weight is 294 g/mol. The molecule has 0 spiro atoms. The van der Waals surface area contributed by atoms with Crippen molar-refractivity contribution in [1.29, 1.82) is 0 Å². The van der Waals surface area contributed by atoms with Crippen molar-refractivity contribution < 1.29 is 14.8 Å². The number of nitro groups is 1. The van der Waals surface area contributed by atoms with Crippen LogP contribution in [0, 0.1) is 16.0 Å². The highest BCUT2D eigenvalue weighted by Gasteiger charge is 2.23. The van der Waals surface area contributed by atoms with Gasteiger partial charge in [-0.05, 0) is 18.5 Å². The van der Waals surface area contributed by atoms with Gasteiger partial charge in [-0.3, -0.25) is 19.8 Å². The molecular weight excluding hydrogens is 272 g/mol. The van der Waals surface area contributed by atoms with E-state index in [1.54, 1.807) is 19.1 Å². The van der Waals surface area contributed by atoms with Crippen molar-refractivity contribution in [2.24, 2.45) is 5.92 Å². The summed E-state index contributed by atoms with van der Waals surface area (Å²) >= 11 is 0. The Bertz CT molecular complexity index is 504. The van der Waals surface area contributed by atoms with Crippen molar-refractivity contribution in [3.63, 3.8) is 0 Å². The Labute approximate surface area is 124 Å². The number of non-ortho nitro benzene ring substituents is 1. The number of hydrogen-bond acceptors (Lipinski definition) is 4. The minimum atomic E-state index is -0.831. The van der Waals surface area contributed by atoms with Crippen LogP contribution in [0.5, 0.6) is 0 Å². The number of nitrogens with zero attached hydrogens (tertiary/aromatic N) is 2. The highest BCUT2D eigenvalue weighted by Crippen LogP contribution is 2.27. The molecule has 21 heavy (non-hydrogen) atoms. The number of aliphatic carboxylic acids is 1. The molecule has 0 aliphatic heterocycles. The van der Waals surface area contributed by atoms with E-state index in [1.807, 2.05) is 19.9 Å². The van der Waals surface area contributed by atoms with Gasteiger partial charge in [-0.1, -0.05) is 32.9 Å². The number of carboxylic acids is 1. The SMILES string of the molecule is CCC(c1cccc([N+](=O)[O-])c1)N(CC)CC(C)C(=O)O. The first-order valence-corrected chi connectivity index (χ1v) is 7.11. The average Bonchev–Trinajstić information content (AvgIpc) is 2.46. The second-order valence-corrected chi connectivity index (χ2v) is 5.10. The third kappa shape index (κ3) is 4.53. The van der Waals surface area contributed by atoms with Crippen molar-refractivity contribution in [3.05, 3.63) is 39.9 Å². The molecule has 1 aromatic rings. The van der Waals surface area contributed by atoms with Crippen LogP contribution in [0.15, 0.2) is 24.3 Å². The molecule has 0 aliphatic rings. The number of carboxylic acid groups (broad SMARTS) is 1. The lowest BCUT2D eigenvalue weighted by molar-refractivity contribution is -0.385. The molecule has 0 heterocycles. The number of benzene rings is 1. The Hall–Kier alpha value is -1.95. The molecule has 6 nitrogen and oxygen atoms in total. The maximum absolute atomic E-state index is 11.0. The number of nitro benzene ring substituents is 1. The quantitative estimate of drug-likeness (QED) is 0.588. The van der Waals surface area contributed by atoms with Crippen molar-refractivity contribution >= 4 is 11.7 Å². The second kappa shape index (κ2) is 7.73. The summed E-state index contributed by atoms with van der Waals surface area (Å²) in [6, 6.07) is 6.55. The van der Waals surface area contributed by atoms with Gasteiger partial charge in [0.2, 0.25) is 0 Å². The van der Waals surface area contributed by atoms with Gasteiger partial charge in [0.15, 0.2) is 0 Å². The van der Waals surface area contributed by atoms with Crippen LogP contribution < -0.4 is 0 Å². The van der Waals surface area contributed by atoms with Crippen LogP contribution in [0.1, 0.15) is 38.8 Å². The lowest BCUT2D eigenvalue weighted by Crippen LogP contribution is -2.34. The molecule has 1 rings (SSSR count). The zero-order valence-corrected chi connectivity index (χ0v) is 12.7. The number of carbonyl (C=O) groups is 1. The Morgan fingerprint density at radius 2 is 2.10 bits per heavy atom. The van der Waals surface area contributed by atoms with Gasteiger partial charge >= 0.3 is 5.97 Å². The Morgan fingerprint density at radius 1 is 1.43 bits per heavy atom. The van der Waals surface area contributed by atoms with Crippen LogP contribution in [0.2, 0.25) is 0 Å². The van der Waals surface area contributed by atoms with Crippen LogP contribution in [0.3, 0.4) is 0 Å². The van der Waals surface area contributed by atoms with Crippen molar-refractivity contribution in [2.45, 2.75) is 33.2 Å². The van der Waals surface area contributed by atoms with E-state index in [2.05, 4.69) is 4.90 Å². The molecule has 6 heteroatoms. The molecule has 0 aromatic heterocycles. The summed E-state index contributed by atoms with van der Waals surface area (Å²) in [6.45, 7) is 6.75. The molecule has 1 N–H and O–H groups in total. The molecule has 116 valence electrons. The van der Waals surface area contributed by atoms with Crippen LogP contribution in [0.4, 0.5) is 5.69 Å². The van der Waals surface area contributed by atoms with Crippen LogP contribution in [-0.4, -0.2) is 34.0 Å². The van der Waals surface area contributed by atoms with E-state index in [-0.39, 0.29) is 11.7 Å². The fourth-order valence-corrected chi connectivity index (χ4v) is 2.46. The van der Waals surface area contributed by atoms with Crippen LogP contribution >= 0.6 is 0 Å². The molecule has 0 bridgehead atoms. The first kappa shape index (κ1) is 17.1. The predicted octanol–water partition coefficient (Wildman–Crippen LogP) is 3.09. The zero-order valence-electron chi connectivity index (χ0n) is 12.7. The van der Waals surface area contributed by atoms with Crippen molar-refractivity contribution in [3.8, 4) is 0 Å². The van der Waals surface area contributed by atoms with Crippen molar-refractivity contribution in [1.82, 2.24) is 4.90 Å². The summed E-state index contributed by atoms with van der Waals surface area (Å²) in [5.41, 5.74) is 0.916. The number of rotatable bonds is 8. The molecular formula is C15H22N2O4. The van der Waals surface area contributed by atoms with E-state index in [1.165, 1.54) is 6.07 Å². The van der Waals surface area contributed by atoms with Crippen LogP contribution in [0.25, 0.3) is 0 Å². The van der Waals surface area contributed by atoms with E-state index >= 15 is 0 Å². The van der Waals surface area contributed by atoms with Gasteiger partial charge in [0.25, 0.3) is 5.69 Å². The molecule has 0 amide bonds. The van der Waals surface area contributed by atoms with Crippen molar-refractivity contribution in [2.75, 3.05) is 13.1 Å². The maximum Gasteiger partial charge on any atom is 0.307 e. The summed E-state index contributed by atoms with van der Waals surface area (Å²) in [6.07, 6.45) is 0.765. The highest BCUT2D eigenvalue weighted by atomic mass is 16.6. The van der Waals surface area contributed by atoms with E-state index in [0.29, 0.717) is 13.1 Å². The van der Waals surface area contributed by atoms with Crippen LogP contribution in [-0.2, 0) is 4.79 Å². The summed E-state index contributed by atoms with van der Waals surface area (Å²) in [4.78, 5) is 23.6. The second-order valence-electron chi connectivity index (χ2n) is 5.10. The van der Waals surface area contributed by atoms with Gasteiger partial charge in [-0.15, -0.1) is 0 Å². The topological polar surface area (TPSA) is 83.7 Å². The molecule has 0 aliphatic carbocycles. The predicted molar refractivity (Wildman–Crippen MR) is 80.2 cm³/mol. The van der Waals surface area contributed by atoms with Gasteiger partial charge < -0.3 is 5.11 Å². The van der Waals surface area contributed by atoms with E-state index < -0.39 is 16.8 Å². The minimum Gasteiger partial charge on any atom is -0.481 e. The molecule has 0 saturated carbocycles.